The van der Waals surface area contributed by atoms with Crippen LogP contribution in [0.25, 0.3) is 5.57 Å². The topological polar surface area (TPSA) is 99.3 Å². The lowest BCUT2D eigenvalue weighted by atomic mass is 10.1. The summed E-state index contributed by atoms with van der Waals surface area (Å²) in [7, 11) is 0. The predicted molar refractivity (Wildman–Crippen MR) is 102 cm³/mol. The molecule has 1 aromatic heterocycles. The number of benzene rings is 1. The molecule has 2 aromatic rings. The van der Waals surface area contributed by atoms with Crippen molar-refractivity contribution in [3.8, 4) is 18.2 Å². The van der Waals surface area contributed by atoms with Crippen LogP contribution in [0.2, 0.25) is 0 Å². The van der Waals surface area contributed by atoms with Crippen molar-refractivity contribution in [2.24, 2.45) is 10.2 Å². The molecule has 0 amide bonds. The average Bonchev–Trinajstić information content (AvgIpc) is 3.15. The molecule has 26 heavy (non-hydrogen) atoms. The van der Waals surface area contributed by atoms with Crippen molar-refractivity contribution in [1.82, 2.24) is 0 Å². The monoisotopic (exact) mass is 360 g/mol. The van der Waals surface area contributed by atoms with Crippen LogP contribution < -0.4 is 4.90 Å². The van der Waals surface area contributed by atoms with Gasteiger partial charge in [-0.3, -0.25) is 0 Å². The van der Waals surface area contributed by atoms with Crippen LogP contribution in [0.3, 0.4) is 0 Å². The lowest BCUT2D eigenvalue weighted by Crippen LogP contribution is -2.21. The third-order valence-corrected chi connectivity index (χ3v) is 4.65. The van der Waals surface area contributed by atoms with Gasteiger partial charge < -0.3 is 4.90 Å². The normalized spacial score (nSPS) is 9.96. The molecule has 0 saturated heterocycles. The van der Waals surface area contributed by atoms with E-state index in [1.54, 1.807) is 24.3 Å². The highest BCUT2D eigenvalue weighted by Crippen LogP contribution is 2.32. The molecule has 0 radical (unpaired) electrons. The van der Waals surface area contributed by atoms with Gasteiger partial charge in [0.1, 0.15) is 28.8 Å². The predicted octanol–water partition coefficient (Wildman–Crippen LogP) is 5.33. The van der Waals surface area contributed by atoms with Gasteiger partial charge >= 0.3 is 0 Å². The van der Waals surface area contributed by atoms with Crippen LogP contribution in [-0.2, 0) is 0 Å². The number of nitrogens with zero attached hydrogens (tertiary/aromatic N) is 6. The number of anilines is 1. The molecule has 0 spiro atoms. The molecule has 0 bridgehead atoms. The zero-order chi connectivity index (χ0) is 18.9. The van der Waals surface area contributed by atoms with E-state index >= 15 is 0 Å². The van der Waals surface area contributed by atoms with Gasteiger partial charge in [-0.1, -0.05) is 0 Å². The van der Waals surface area contributed by atoms with Gasteiger partial charge in [-0.15, -0.1) is 21.6 Å². The highest BCUT2D eigenvalue weighted by atomic mass is 32.1. The quantitative estimate of drug-likeness (QED) is 0.513. The first-order valence-corrected chi connectivity index (χ1v) is 8.80. The Kier molecular flexibility index (Phi) is 6.62. The Morgan fingerprint density at radius 1 is 0.923 bits per heavy atom. The van der Waals surface area contributed by atoms with E-state index in [1.165, 1.54) is 11.3 Å². The SMILES string of the molecule is CCN(CC)c1ccc(N=Nc2ccc(C(C#N)=C(C#N)C#N)s2)cc1. The molecule has 0 aliphatic heterocycles. The van der Waals surface area contributed by atoms with E-state index in [-0.39, 0.29) is 11.1 Å². The lowest BCUT2D eigenvalue weighted by Gasteiger charge is -2.20. The summed E-state index contributed by atoms with van der Waals surface area (Å²) in [4.78, 5) is 2.76. The van der Waals surface area contributed by atoms with Crippen molar-refractivity contribution in [1.29, 1.82) is 15.8 Å². The molecule has 0 unspecified atom stereocenters. The van der Waals surface area contributed by atoms with Crippen LogP contribution in [0.5, 0.6) is 0 Å². The molecule has 0 aliphatic rings. The summed E-state index contributed by atoms with van der Waals surface area (Å²) in [6.07, 6.45) is 0. The van der Waals surface area contributed by atoms with Crippen LogP contribution in [0.4, 0.5) is 16.4 Å². The maximum Gasteiger partial charge on any atom is 0.148 e. The number of hydrogen-bond donors (Lipinski definition) is 0. The van der Waals surface area contributed by atoms with E-state index in [4.69, 9.17) is 10.5 Å². The maximum atomic E-state index is 9.18. The summed E-state index contributed by atoms with van der Waals surface area (Å²) in [6, 6.07) is 16.6. The summed E-state index contributed by atoms with van der Waals surface area (Å²) < 4.78 is 0. The molecular weight excluding hydrogens is 344 g/mol. The number of nitriles is 3. The van der Waals surface area contributed by atoms with Gasteiger partial charge in [0.25, 0.3) is 0 Å². The highest BCUT2D eigenvalue weighted by molar-refractivity contribution is 7.16. The third-order valence-electron chi connectivity index (χ3n) is 3.67. The van der Waals surface area contributed by atoms with Gasteiger partial charge in [0.15, 0.2) is 0 Å². The second kappa shape index (κ2) is 9.13. The van der Waals surface area contributed by atoms with Crippen LogP contribution in [0, 0.1) is 34.0 Å². The molecule has 7 heteroatoms. The summed E-state index contributed by atoms with van der Waals surface area (Å²) >= 11 is 1.21. The Labute approximate surface area is 156 Å². The van der Waals surface area contributed by atoms with Crippen LogP contribution in [0.1, 0.15) is 18.7 Å². The Bertz CT molecular complexity index is 928. The number of allylic oxidation sites excluding steroid dienone is 2. The fraction of sp³-hybridized carbons (Fsp3) is 0.211. The Morgan fingerprint density at radius 2 is 1.58 bits per heavy atom. The van der Waals surface area contributed by atoms with Gasteiger partial charge in [-0.25, -0.2) is 0 Å². The lowest BCUT2D eigenvalue weighted by molar-refractivity contribution is 0.866. The molecular formula is C19H16N6S. The standard InChI is InChI=1S/C19H16N6S/c1-3-25(4-2)16-7-5-15(6-8-16)23-24-19-10-9-18(26-19)17(13-22)14(11-20)12-21/h5-10H,3-4H2,1-2H3. The van der Waals surface area contributed by atoms with E-state index in [2.05, 4.69) is 29.0 Å². The van der Waals surface area contributed by atoms with Crippen molar-refractivity contribution in [3.05, 3.63) is 46.8 Å². The second-order valence-electron chi connectivity index (χ2n) is 5.11. The third kappa shape index (κ3) is 4.33. The van der Waals surface area contributed by atoms with Gasteiger partial charge in [-0.2, -0.15) is 15.8 Å². The first-order chi connectivity index (χ1) is 12.7. The van der Waals surface area contributed by atoms with Gasteiger partial charge in [-0.05, 0) is 50.2 Å². The van der Waals surface area contributed by atoms with E-state index in [9.17, 15) is 5.26 Å². The minimum atomic E-state index is -0.204. The summed E-state index contributed by atoms with van der Waals surface area (Å²) in [5, 5.41) is 36.0. The largest absolute Gasteiger partial charge is 0.372 e. The van der Waals surface area contributed by atoms with E-state index in [0.29, 0.717) is 9.88 Å². The van der Waals surface area contributed by atoms with Crippen molar-refractivity contribution < 1.29 is 0 Å². The molecule has 0 N–H and O–H groups in total. The summed E-state index contributed by atoms with van der Waals surface area (Å²) in [5.41, 5.74) is 1.72. The number of thiophene rings is 1. The molecule has 0 fully saturated rings. The molecule has 0 saturated carbocycles. The maximum absolute atomic E-state index is 9.18. The van der Waals surface area contributed by atoms with Crippen molar-refractivity contribution >= 4 is 33.3 Å². The zero-order valence-electron chi connectivity index (χ0n) is 14.5. The molecule has 0 aliphatic carbocycles. The molecule has 2 rings (SSSR count). The zero-order valence-corrected chi connectivity index (χ0v) is 15.3. The smallest absolute Gasteiger partial charge is 0.148 e. The van der Waals surface area contributed by atoms with E-state index in [1.807, 2.05) is 30.3 Å². The molecule has 0 atom stereocenters. The molecule has 128 valence electrons. The Hall–Kier alpha value is -3.47. The Morgan fingerprint density at radius 3 is 2.12 bits per heavy atom. The minimum absolute atomic E-state index is 0.0602. The molecule has 1 aromatic carbocycles. The number of azo groups is 1. The van der Waals surface area contributed by atoms with E-state index in [0.717, 1.165) is 24.5 Å². The molecule has 1 heterocycles. The van der Waals surface area contributed by atoms with Crippen LogP contribution >= 0.6 is 11.3 Å². The first kappa shape index (κ1) is 18.9. The minimum Gasteiger partial charge on any atom is -0.372 e. The van der Waals surface area contributed by atoms with Crippen molar-refractivity contribution in [2.75, 3.05) is 18.0 Å². The first-order valence-electron chi connectivity index (χ1n) is 7.98. The van der Waals surface area contributed by atoms with Gasteiger partial charge in [0.05, 0.1) is 11.3 Å². The van der Waals surface area contributed by atoms with E-state index < -0.39 is 0 Å². The fourth-order valence-corrected chi connectivity index (χ4v) is 3.14. The molecule has 6 nitrogen and oxygen atoms in total. The second-order valence-corrected chi connectivity index (χ2v) is 6.17. The number of hydrogen-bond acceptors (Lipinski definition) is 7. The summed E-state index contributed by atoms with van der Waals surface area (Å²) in [6.45, 7) is 6.11. The highest BCUT2D eigenvalue weighted by Gasteiger charge is 2.11. The van der Waals surface area contributed by atoms with Crippen molar-refractivity contribution in [3.63, 3.8) is 0 Å². The van der Waals surface area contributed by atoms with Crippen molar-refractivity contribution in [2.45, 2.75) is 13.8 Å². The van der Waals surface area contributed by atoms with Crippen LogP contribution in [-0.4, -0.2) is 13.1 Å². The Balaban J connectivity index is 2.19. The number of rotatable bonds is 6. The fourth-order valence-electron chi connectivity index (χ4n) is 2.31. The van der Waals surface area contributed by atoms with Crippen LogP contribution in [0.15, 0.2) is 52.2 Å². The van der Waals surface area contributed by atoms with Gasteiger partial charge in [0.2, 0.25) is 0 Å². The summed E-state index contributed by atoms with van der Waals surface area (Å²) in [5.74, 6) is 0. The van der Waals surface area contributed by atoms with Gasteiger partial charge in [0, 0.05) is 23.7 Å². The average molecular weight is 360 g/mol.